The number of benzene rings is 2. The molecule has 0 radical (unpaired) electrons. The van der Waals surface area contributed by atoms with Crippen LogP contribution in [0.3, 0.4) is 0 Å². The number of alkyl carbamates (subject to hydrolysis) is 1. The summed E-state index contributed by atoms with van der Waals surface area (Å²) in [6.07, 6.45) is 4.08. The molecule has 1 aliphatic rings. The predicted molar refractivity (Wildman–Crippen MR) is 127 cm³/mol. The highest BCUT2D eigenvalue weighted by atomic mass is 19.1. The third-order valence-corrected chi connectivity index (χ3v) is 6.19. The second-order valence-corrected chi connectivity index (χ2v) is 8.88. The van der Waals surface area contributed by atoms with Crippen LogP contribution in [0.5, 0.6) is 0 Å². The SMILES string of the molecule is CCCN(CCCc1ccc(F)cc1)C[C@@H]1CC(=O)CC[C@H]1NC(=O)OCc1ccccc1. The fourth-order valence-corrected chi connectivity index (χ4v) is 4.49. The number of aryl methyl sites for hydroxylation is 1. The highest BCUT2D eigenvalue weighted by molar-refractivity contribution is 5.80. The van der Waals surface area contributed by atoms with Crippen LogP contribution in [0.4, 0.5) is 9.18 Å². The molecule has 5 nitrogen and oxygen atoms in total. The predicted octanol–water partition coefficient (Wildman–Crippen LogP) is 5.13. The van der Waals surface area contributed by atoms with E-state index in [0.29, 0.717) is 19.3 Å². The van der Waals surface area contributed by atoms with Crippen molar-refractivity contribution in [1.29, 1.82) is 0 Å². The van der Waals surface area contributed by atoms with Crippen molar-refractivity contribution in [1.82, 2.24) is 10.2 Å². The van der Waals surface area contributed by atoms with Gasteiger partial charge in [-0.15, -0.1) is 0 Å². The minimum atomic E-state index is -0.429. The van der Waals surface area contributed by atoms with Gasteiger partial charge in [-0.25, -0.2) is 9.18 Å². The molecule has 2 aromatic rings. The Kier molecular flexibility index (Phi) is 9.88. The summed E-state index contributed by atoms with van der Waals surface area (Å²) < 4.78 is 18.5. The molecule has 0 aliphatic heterocycles. The Bertz CT molecular complexity index is 873. The van der Waals surface area contributed by atoms with Gasteiger partial charge in [0.2, 0.25) is 0 Å². The first-order valence-electron chi connectivity index (χ1n) is 12.0. The van der Waals surface area contributed by atoms with Gasteiger partial charge in [-0.2, -0.15) is 0 Å². The number of halogens is 1. The smallest absolute Gasteiger partial charge is 0.407 e. The molecule has 33 heavy (non-hydrogen) atoms. The molecule has 6 heteroatoms. The fourth-order valence-electron chi connectivity index (χ4n) is 4.49. The Morgan fingerprint density at radius 2 is 1.85 bits per heavy atom. The normalized spacial score (nSPS) is 18.3. The third kappa shape index (κ3) is 8.61. The van der Waals surface area contributed by atoms with Crippen molar-refractivity contribution >= 4 is 11.9 Å². The van der Waals surface area contributed by atoms with Gasteiger partial charge in [-0.3, -0.25) is 4.79 Å². The third-order valence-electron chi connectivity index (χ3n) is 6.19. The van der Waals surface area contributed by atoms with E-state index in [0.717, 1.165) is 50.0 Å². The van der Waals surface area contributed by atoms with Crippen LogP contribution in [0.15, 0.2) is 54.6 Å². The molecule has 0 bridgehead atoms. The highest BCUT2D eigenvalue weighted by Crippen LogP contribution is 2.24. The van der Waals surface area contributed by atoms with Gasteiger partial charge in [-0.05, 0) is 68.0 Å². The number of amides is 1. The van der Waals surface area contributed by atoms with Crippen LogP contribution in [0.2, 0.25) is 0 Å². The summed E-state index contributed by atoms with van der Waals surface area (Å²) in [5.74, 6) is 0.125. The van der Waals surface area contributed by atoms with Crippen molar-refractivity contribution in [3.63, 3.8) is 0 Å². The zero-order chi connectivity index (χ0) is 23.5. The number of nitrogens with zero attached hydrogens (tertiary/aromatic N) is 1. The molecule has 3 rings (SSSR count). The first kappa shape index (κ1) is 24.9. The summed E-state index contributed by atoms with van der Waals surface area (Å²) >= 11 is 0. The number of ketones is 1. The van der Waals surface area contributed by atoms with Crippen molar-refractivity contribution in [2.24, 2.45) is 5.92 Å². The van der Waals surface area contributed by atoms with E-state index in [4.69, 9.17) is 4.74 Å². The maximum absolute atomic E-state index is 13.1. The first-order chi connectivity index (χ1) is 16.0. The first-order valence-corrected chi connectivity index (χ1v) is 12.0. The van der Waals surface area contributed by atoms with E-state index < -0.39 is 6.09 Å². The molecule has 1 amide bonds. The van der Waals surface area contributed by atoms with Crippen molar-refractivity contribution in [3.8, 4) is 0 Å². The maximum Gasteiger partial charge on any atom is 0.407 e. The monoisotopic (exact) mass is 454 g/mol. The van der Waals surface area contributed by atoms with Gasteiger partial charge >= 0.3 is 6.09 Å². The standard InChI is InChI=1S/C27H35FN2O3/c1-2-16-30(17-6-9-21-10-12-24(28)13-11-21)19-23-18-25(31)14-15-26(23)29-27(32)33-20-22-7-4-3-5-8-22/h3-5,7-8,10-13,23,26H,2,6,9,14-20H2,1H3,(H,29,32)/t23-,26+/m0/s1. The summed E-state index contributed by atoms with van der Waals surface area (Å²) in [7, 11) is 0. The number of carbonyl (C=O) groups is 2. The van der Waals surface area contributed by atoms with E-state index in [9.17, 15) is 14.0 Å². The van der Waals surface area contributed by atoms with E-state index >= 15 is 0 Å². The van der Waals surface area contributed by atoms with Gasteiger partial charge in [0.15, 0.2) is 0 Å². The zero-order valence-corrected chi connectivity index (χ0v) is 19.5. The molecule has 0 saturated heterocycles. The van der Waals surface area contributed by atoms with Gasteiger partial charge in [-0.1, -0.05) is 49.4 Å². The Balaban J connectivity index is 1.51. The largest absolute Gasteiger partial charge is 0.445 e. The lowest BCUT2D eigenvalue weighted by atomic mass is 9.83. The average molecular weight is 455 g/mol. The molecule has 0 aromatic heterocycles. The van der Waals surface area contributed by atoms with E-state index in [1.54, 1.807) is 0 Å². The van der Waals surface area contributed by atoms with Gasteiger partial charge in [0.25, 0.3) is 0 Å². The number of carbonyl (C=O) groups excluding carboxylic acids is 2. The number of hydrogen-bond donors (Lipinski definition) is 1. The van der Waals surface area contributed by atoms with Crippen molar-refractivity contribution in [2.75, 3.05) is 19.6 Å². The molecule has 0 unspecified atom stereocenters. The molecule has 1 aliphatic carbocycles. The average Bonchev–Trinajstić information content (AvgIpc) is 2.81. The summed E-state index contributed by atoms with van der Waals surface area (Å²) in [6.45, 7) is 5.00. The molecule has 1 saturated carbocycles. The molecule has 0 spiro atoms. The molecule has 0 heterocycles. The number of hydrogen-bond acceptors (Lipinski definition) is 4. The van der Waals surface area contributed by atoms with E-state index in [-0.39, 0.29) is 30.2 Å². The van der Waals surface area contributed by atoms with Crippen LogP contribution in [0, 0.1) is 11.7 Å². The summed E-state index contributed by atoms with van der Waals surface area (Å²) in [6, 6.07) is 16.2. The van der Waals surface area contributed by atoms with Crippen LogP contribution in [0.1, 0.15) is 50.2 Å². The van der Waals surface area contributed by atoms with Crippen LogP contribution in [0.25, 0.3) is 0 Å². The zero-order valence-electron chi connectivity index (χ0n) is 19.5. The fraction of sp³-hybridized carbons (Fsp3) is 0.481. The van der Waals surface area contributed by atoms with Crippen LogP contribution >= 0.6 is 0 Å². The lowest BCUT2D eigenvalue weighted by Gasteiger charge is -2.35. The molecular formula is C27H35FN2O3. The molecule has 178 valence electrons. The lowest BCUT2D eigenvalue weighted by Crippen LogP contribution is -2.48. The van der Waals surface area contributed by atoms with Gasteiger partial charge in [0, 0.05) is 25.4 Å². The van der Waals surface area contributed by atoms with Gasteiger partial charge in [0.05, 0.1) is 0 Å². The Morgan fingerprint density at radius 1 is 1.09 bits per heavy atom. The molecule has 1 N–H and O–H groups in total. The van der Waals surface area contributed by atoms with E-state index in [2.05, 4.69) is 17.1 Å². The molecular weight excluding hydrogens is 419 g/mol. The molecule has 2 atom stereocenters. The lowest BCUT2D eigenvalue weighted by molar-refractivity contribution is -0.122. The van der Waals surface area contributed by atoms with Crippen LogP contribution < -0.4 is 5.32 Å². The van der Waals surface area contributed by atoms with Crippen molar-refractivity contribution < 1.29 is 18.7 Å². The quantitative estimate of drug-likeness (QED) is 0.511. The number of Topliss-reactive ketones (excluding diaryl/α,β-unsaturated/α-hetero) is 1. The maximum atomic E-state index is 13.1. The van der Waals surface area contributed by atoms with E-state index in [1.807, 2.05) is 42.5 Å². The molecule has 1 fully saturated rings. The topological polar surface area (TPSA) is 58.6 Å². The molecule has 2 aromatic carbocycles. The minimum Gasteiger partial charge on any atom is -0.445 e. The van der Waals surface area contributed by atoms with Gasteiger partial charge in [0.1, 0.15) is 18.2 Å². The number of ether oxygens (including phenoxy) is 1. The second kappa shape index (κ2) is 13.1. The van der Waals surface area contributed by atoms with Crippen LogP contribution in [-0.4, -0.2) is 42.5 Å². The van der Waals surface area contributed by atoms with Crippen LogP contribution in [-0.2, 0) is 22.6 Å². The van der Waals surface area contributed by atoms with Crippen molar-refractivity contribution in [2.45, 2.75) is 58.1 Å². The Labute approximate surface area is 196 Å². The number of rotatable bonds is 11. The van der Waals surface area contributed by atoms with Crippen molar-refractivity contribution in [3.05, 3.63) is 71.5 Å². The Hall–Kier alpha value is -2.73. The minimum absolute atomic E-state index is 0.0672. The second-order valence-electron chi connectivity index (χ2n) is 8.88. The van der Waals surface area contributed by atoms with Gasteiger partial charge < -0.3 is 15.0 Å². The Morgan fingerprint density at radius 3 is 2.58 bits per heavy atom. The number of nitrogens with one attached hydrogen (secondary N) is 1. The summed E-state index contributed by atoms with van der Waals surface area (Å²) in [5, 5.41) is 3.02. The highest BCUT2D eigenvalue weighted by Gasteiger charge is 2.32. The summed E-state index contributed by atoms with van der Waals surface area (Å²) in [4.78, 5) is 27.0. The van der Waals surface area contributed by atoms with E-state index in [1.165, 1.54) is 12.1 Å². The summed E-state index contributed by atoms with van der Waals surface area (Å²) in [5.41, 5.74) is 2.07.